The first-order chi connectivity index (χ1) is 14.5. The van der Waals surface area contributed by atoms with Crippen molar-refractivity contribution in [1.82, 2.24) is 19.7 Å². The monoisotopic (exact) mass is 456 g/mol. The van der Waals surface area contributed by atoms with Crippen molar-refractivity contribution in [2.45, 2.75) is 31.4 Å². The molecule has 0 aliphatic rings. The lowest BCUT2D eigenvalue weighted by molar-refractivity contribution is 0.288. The summed E-state index contributed by atoms with van der Waals surface area (Å²) in [6.07, 6.45) is 0. The molecular weight excluding hydrogens is 436 g/mol. The second-order valence-electron chi connectivity index (χ2n) is 6.93. The molecular formula is C22H21ClN4OS2. The highest BCUT2D eigenvalue weighted by atomic mass is 35.5. The Bertz CT molecular complexity index is 1170. The summed E-state index contributed by atoms with van der Waals surface area (Å²) in [5.74, 6) is 2.37. The molecule has 4 aromatic rings. The Morgan fingerprint density at radius 1 is 1.13 bits per heavy atom. The maximum Gasteiger partial charge on any atom is 0.191 e. The van der Waals surface area contributed by atoms with Crippen LogP contribution in [0.3, 0.4) is 0 Å². The summed E-state index contributed by atoms with van der Waals surface area (Å²) in [5.41, 5.74) is 4.29. The smallest absolute Gasteiger partial charge is 0.191 e. The lowest BCUT2D eigenvalue weighted by Crippen LogP contribution is -2.05. The Hall–Kier alpha value is -2.35. The van der Waals surface area contributed by atoms with Crippen LogP contribution in [-0.2, 0) is 19.4 Å². The minimum Gasteiger partial charge on any atom is -0.485 e. The van der Waals surface area contributed by atoms with E-state index in [9.17, 15) is 0 Å². The summed E-state index contributed by atoms with van der Waals surface area (Å²) < 4.78 is 7.91. The van der Waals surface area contributed by atoms with Crippen LogP contribution < -0.4 is 4.74 Å². The molecule has 8 heteroatoms. The van der Waals surface area contributed by atoms with E-state index in [4.69, 9.17) is 21.3 Å². The fourth-order valence-electron chi connectivity index (χ4n) is 2.97. The molecule has 0 spiro atoms. The summed E-state index contributed by atoms with van der Waals surface area (Å²) in [4.78, 5) is 4.72. The predicted octanol–water partition coefficient (Wildman–Crippen LogP) is 6.08. The van der Waals surface area contributed by atoms with Gasteiger partial charge in [-0.2, -0.15) is 0 Å². The van der Waals surface area contributed by atoms with Crippen LogP contribution in [0.2, 0.25) is 5.02 Å². The average molecular weight is 457 g/mol. The second kappa shape index (κ2) is 9.20. The summed E-state index contributed by atoms with van der Waals surface area (Å²) >= 11 is 9.49. The minimum atomic E-state index is 0.376. The molecule has 5 nitrogen and oxygen atoms in total. The van der Waals surface area contributed by atoms with Crippen LogP contribution in [0.4, 0.5) is 0 Å². The van der Waals surface area contributed by atoms with Crippen LogP contribution >= 0.6 is 34.7 Å². The Balaban J connectivity index is 1.38. The molecule has 0 aliphatic heterocycles. The fourth-order valence-corrected chi connectivity index (χ4v) is 5.04. The number of hydrogen-bond donors (Lipinski definition) is 0. The number of thioether (sulfide) groups is 1. The normalized spacial score (nSPS) is 11.1. The van der Waals surface area contributed by atoms with E-state index in [1.54, 1.807) is 23.1 Å². The van der Waals surface area contributed by atoms with Gasteiger partial charge in [0.2, 0.25) is 0 Å². The van der Waals surface area contributed by atoms with Crippen molar-refractivity contribution in [3.8, 4) is 16.3 Å². The van der Waals surface area contributed by atoms with E-state index in [0.717, 1.165) is 38.6 Å². The third-order valence-corrected chi connectivity index (χ3v) is 6.93. The van der Waals surface area contributed by atoms with Gasteiger partial charge < -0.3 is 9.30 Å². The van der Waals surface area contributed by atoms with E-state index in [1.807, 2.05) is 54.9 Å². The topological polar surface area (TPSA) is 52.8 Å². The second-order valence-corrected chi connectivity index (χ2v) is 9.14. The van der Waals surface area contributed by atoms with Gasteiger partial charge in [0, 0.05) is 23.7 Å². The standard InChI is InChI=1S/C22H21ClN4OS2/c1-14-8-9-19(15(2)10-14)28-11-20-25-26-22(27(20)3)30-13-16-12-29-21(24-16)17-6-4-5-7-18(17)23/h4-10,12H,11,13H2,1-3H3. The maximum atomic E-state index is 6.28. The van der Waals surface area contributed by atoms with E-state index in [1.165, 1.54) is 5.56 Å². The van der Waals surface area contributed by atoms with Gasteiger partial charge in [0.15, 0.2) is 11.0 Å². The molecule has 2 aromatic carbocycles. The number of ether oxygens (including phenoxy) is 1. The molecule has 0 aliphatic carbocycles. The Morgan fingerprint density at radius 2 is 1.97 bits per heavy atom. The number of thiazole rings is 1. The molecule has 30 heavy (non-hydrogen) atoms. The first-order valence-electron chi connectivity index (χ1n) is 9.41. The van der Waals surface area contributed by atoms with Crippen LogP contribution in [0.25, 0.3) is 10.6 Å². The van der Waals surface area contributed by atoms with E-state index >= 15 is 0 Å². The molecule has 0 radical (unpaired) electrons. The van der Waals surface area contributed by atoms with Gasteiger partial charge >= 0.3 is 0 Å². The fraction of sp³-hybridized carbons (Fsp3) is 0.227. The minimum absolute atomic E-state index is 0.376. The first-order valence-corrected chi connectivity index (χ1v) is 11.7. The largest absolute Gasteiger partial charge is 0.485 e. The van der Waals surface area contributed by atoms with Crippen LogP contribution in [0.15, 0.2) is 53.0 Å². The summed E-state index contributed by atoms with van der Waals surface area (Å²) in [6, 6.07) is 13.9. The zero-order chi connectivity index (χ0) is 21.1. The van der Waals surface area contributed by atoms with Gasteiger partial charge in [-0.25, -0.2) is 4.98 Å². The van der Waals surface area contributed by atoms with Crippen molar-refractivity contribution in [2.24, 2.45) is 7.05 Å². The van der Waals surface area contributed by atoms with Crippen LogP contribution in [0.1, 0.15) is 22.6 Å². The molecule has 2 heterocycles. The highest BCUT2D eigenvalue weighted by Gasteiger charge is 2.13. The number of aromatic nitrogens is 4. The van der Waals surface area contributed by atoms with Gasteiger partial charge in [0.1, 0.15) is 17.4 Å². The molecule has 0 saturated carbocycles. The molecule has 0 amide bonds. The van der Waals surface area contributed by atoms with E-state index in [2.05, 4.69) is 28.6 Å². The molecule has 0 atom stereocenters. The molecule has 4 rings (SSSR count). The molecule has 0 N–H and O–H groups in total. The summed E-state index contributed by atoms with van der Waals surface area (Å²) in [7, 11) is 1.96. The third-order valence-electron chi connectivity index (χ3n) is 4.62. The van der Waals surface area contributed by atoms with Crippen molar-refractivity contribution in [3.05, 3.63) is 75.5 Å². The van der Waals surface area contributed by atoms with Crippen molar-refractivity contribution in [3.63, 3.8) is 0 Å². The lowest BCUT2D eigenvalue weighted by Gasteiger charge is -2.09. The zero-order valence-electron chi connectivity index (χ0n) is 16.9. The number of nitrogens with zero attached hydrogens (tertiary/aromatic N) is 4. The van der Waals surface area contributed by atoms with Crippen molar-refractivity contribution in [1.29, 1.82) is 0 Å². The number of rotatable bonds is 7. The molecule has 0 bridgehead atoms. The lowest BCUT2D eigenvalue weighted by atomic mass is 10.1. The van der Waals surface area contributed by atoms with Crippen molar-refractivity contribution in [2.75, 3.05) is 0 Å². The number of aryl methyl sites for hydroxylation is 2. The molecule has 0 fully saturated rings. The average Bonchev–Trinajstić information content (AvgIpc) is 3.33. The highest BCUT2D eigenvalue weighted by molar-refractivity contribution is 7.98. The number of hydrogen-bond acceptors (Lipinski definition) is 6. The van der Waals surface area contributed by atoms with Gasteiger partial charge in [-0.05, 0) is 31.5 Å². The maximum absolute atomic E-state index is 6.28. The van der Waals surface area contributed by atoms with Crippen LogP contribution in [0.5, 0.6) is 5.75 Å². The quantitative estimate of drug-likeness (QED) is 0.315. The van der Waals surface area contributed by atoms with Gasteiger partial charge in [-0.15, -0.1) is 21.5 Å². The van der Waals surface area contributed by atoms with Crippen molar-refractivity contribution >= 4 is 34.7 Å². The van der Waals surface area contributed by atoms with E-state index in [-0.39, 0.29) is 0 Å². The van der Waals surface area contributed by atoms with Gasteiger partial charge in [0.05, 0.1) is 10.7 Å². The zero-order valence-corrected chi connectivity index (χ0v) is 19.3. The number of halogens is 1. The Kier molecular flexibility index (Phi) is 6.41. The summed E-state index contributed by atoms with van der Waals surface area (Å²) in [6.45, 7) is 4.50. The van der Waals surface area contributed by atoms with Crippen LogP contribution in [0, 0.1) is 13.8 Å². The third kappa shape index (κ3) is 4.69. The van der Waals surface area contributed by atoms with Gasteiger partial charge in [0.25, 0.3) is 0 Å². The molecule has 154 valence electrons. The molecule has 2 aromatic heterocycles. The highest BCUT2D eigenvalue weighted by Crippen LogP contribution is 2.31. The number of benzene rings is 2. The van der Waals surface area contributed by atoms with E-state index in [0.29, 0.717) is 17.4 Å². The first kappa shape index (κ1) is 20.9. The van der Waals surface area contributed by atoms with Crippen LogP contribution in [-0.4, -0.2) is 19.7 Å². The molecule has 0 unspecified atom stereocenters. The Morgan fingerprint density at radius 3 is 2.77 bits per heavy atom. The van der Waals surface area contributed by atoms with Crippen molar-refractivity contribution < 1.29 is 4.74 Å². The van der Waals surface area contributed by atoms with Gasteiger partial charge in [-0.3, -0.25) is 0 Å². The van der Waals surface area contributed by atoms with E-state index < -0.39 is 0 Å². The predicted molar refractivity (Wildman–Crippen MR) is 123 cm³/mol. The SMILES string of the molecule is Cc1ccc(OCc2nnc(SCc3csc(-c4ccccc4Cl)n3)n2C)c(C)c1. The Labute approximate surface area is 189 Å². The van der Waals surface area contributed by atoms with Gasteiger partial charge in [-0.1, -0.05) is 59.3 Å². The summed E-state index contributed by atoms with van der Waals surface area (Å²) in [5, 5.41) is 13.1. The molecule has 0 saturated heterocycles.